The van der Waals surface area contributed by atoms with Gasteiger partial charge in [-0.05, 0) is 0 Å². The minimum Gasteiger partial charge on any atom is -0.389 e. The molecule has 0 bridgehead atoms. The highest BCUT2D eigenvalue weighted by Crippen LogP contribution is 2.05. The maximum absolute atomic E-state index is 9.24. The standard InChI is InChI=1S/C7H12ClNO2/c1-5(8)2-9-6-3-11-4-7(6)10/h6-7,9-10H,1-4H2. The second-order valence-electron chi connectivity index (χ2n) is 2.61. The van der Waals surface area contributed by atoms with Gasteiger partial charge in [0, 0.05) is 11.6 Å². The maximum atomic E-state index is 9.24. The van der Waals surface area contributed by atoms with E-state index in [0.29, 0.717) is 24.8 Å². The summed E-state index contributed by atoms with van der Waals surface area (Å²) in [5.41, 5.74) is 0. The number of halogens is 1. The predicted octanol–water partition coefficient (Wildman–Crippen LogP) is 0.0882. The van der Waals surface area contributed by atoms with E-state index in [1.54, 1.807) is 0 Å². The molecule has 0 aromatic rings. The molecule has 2 N–H and O–H groups in total. The van der Waals surface area contributed by atoms with Gasteiger partial charge in [-0.15, -0.1) is 0 Å². The van der Waals surface area contributed by atoms with Gasteiger partial charge in [-0.25, -0.2) is 0 Å². The van der Waals surface area contributed by atoms with Crippen molar-refractivity contribution in [2.45, 2.75) is 12.1 Å². The molecule has 0 radical (unpaired) electrons. The van der Waals surface area contributed by atoms with Crippen molar-refractivity contribution in [2.75, 3.05) is 19.8 Å². The maximum Gasteiger partial charge on any atom is 0.0948 e. The molecule has 1 aliphatic rings. The summed E-state index contributed by atoms with van der Waals surface area (Å²) in [6.45, 7) is 5.00. The van der Waals surface area contributed by atoms with E-state index in [2.05, 4.69) is 11.9 Å². The van der Waals surface area contributed by atoms with Crippen LogP contribution < -0.4 is 5.32 Å². The third-order valence-electron chi connectivity index (χ3n) is 1.61. The van der Waals surface area contributed by atoms with E-state index >= 15 is 0 Å². The van der Waals surface area contributed by atoms with Gasteiger partial charge in [-0.2, -0.15) is 0 Å². The van der Waals surface area contributed by atoms with Crippen LogP contribution in [-0.2, 0) is 4.74 Å². The molecule has 1 rings (SSSR count). The quantitative estimate of drug-likeness (QED) is 0.642. The van der Waals surface area contributed by atoms with Crippen molar-refractivity contribution in [3.63, 3.8) is 0 Å². The normalized spacial score (nSPS) is 30.7. The summed E-state index contributed by atoms with van der Waals surface area (Å²) >= 11 is 5.52. The summed E-state index contributed by atoms with van der Waals surface area (Å²) in [5, 5.41) is 12.8. The van der Waals surface area contributed by atoms with Crippen LogP contribution in [0.1, 0.15) is 0 Å². The van der Waals surface area contributed by atoms with E-state index in [0.717, 1.165) is 0 Å². The first-order valence-corrected chi connectivity index (χ1v) is 3.90. The Morgan fingerprint density at radius 3 is 2.91 bits per heavy atom. The van der Waals surface area contributed by atoms with Crippen LogP contribution in [0.2, 0.25) is 0 Å². The van der Waals surface area contributed by atoms with Gasteiger partial charge in [0.1, 0.15) is 0 Å². The minimum absolute atomic E-state index is 0.00509. The van der Waals surface area contributed by atoms with Gasteiger partial charge < -0.3 is 15.2 Å². The van der Waals surface area contributed by atoms with Crippen molar-refractivity contribution < 1.29 is 9.84 Å². The number of ether oxygens (including phenoxy) is 1. The van der Waals surface area contributed by atoms with Crippen LogP contribution in [0.5, 0.6) is 0 Å². The van der Waals surface area contributed by atoms with E-state index in [-0.39, 0.29) is 6.04 Å². The zero-order chi connectivity index (χ0) is 8.27. The molecule has 0 aromatic carbocycles. The average Bonchev–Trinajstić information content (AvgIpc) is 2.31. The molecule has 64 valence electrons. The topological polar surface area (TPSA) is 41.5 Å². The average molecular weight is 178 g/mol. The molecular weight excluding hydrogens is 166 g/mol. The SMILES string of the molecule is C=C(Cl)CNC1COCC1O. The molecule has 4 heteroatoms. The molecule has 0 amide bonds. The highest BCUT2D eigenvalue weighted by molar-refractivity contribution is 6.29. The highest BCUT2D eigenvalue weighted by atomic mass is 35.5. The summed E-state index contributed by atoms with van der Waals surface area (Å²) in [5.74, 6) is 0. The van der Waals surface area contributed by atoms with Crippen LogP contribution in [0.25, 0.3) is 0 Å². The Labute approximate surface area is 71.0 Å². The fourth-order valence-corrected chi connectivity index (χ4v) is 1.06. The van der Waals surface area contributed by atoms with Crippen LogP contribution in [0, 0.1) is 0 Å². The van der Waals surface area contributed by atoms with E-state index in [9.17, 15) is 5.11 Å². The molecule has 0 spiro atoms. The predicted molar refractivity (Wildman–Crippen MR) is 43.6 cm³/mol. The van der Waals surface area contributed by atoms with Crippen LogP contribution in [0.3, 0.4) is 0 Å². The van der Waals surface area contributed by atoms with E-state index in [4.69, 9.17) is 16.3 Å². The molecular formula is C7H12ClNO2. The number of hydrogen-bond acceptors (Lipinski definition) is 3. The number of rotatable bonds is 3. The zero-order valence-corrected chi connectivity index (χ0v) is 6.97. The van der Waals surface area contributed by atoms with Crippen LogP contribution in [0.15, 0.2) is 11.6 Å². The van der Waals surface area contributed by atoms with E-state index in [1.165, 1.54) is 0 Å². The first kappa shape index (κ1) is 9.00. The molecule has 1 heterocycles. The van der Waals surface area contributed by atoms with Gasteiger partial charge in [0.25, 0.3) is 0 Å². The Bertz CT molecular complexity index is 151. The van der Waals surface area contributed by atoms with Crippen molar-refractivity contribution >= 4 is 11.6 Å². The second kappa shape index (κ2) is 4.07. The fourth-order valence-electron chi connectivity index (χ4n) is 0.980. The van der Waals surface area contributed by atoms with Crippen molar-refractivity contribution in [3.8, 4) is 0 Å². The Hall–Kier alpha value is -0.0900. The minimum atomic E-state index is -0.411. The summed E-state index contributed by atoms with van der Waals surface area (Å²) in [7, 11) is 0. The van der Waals surface area contributed by atoms with E-state index in [1.807, 2.05) is 0 Å². The monoisotopic (exact) mass is 177 g/mol. The second-order valence-corrected chi connectivity index (χ2v) is 3.14. The van der Waals surface area contributed by atoms with Crippen LogP contribution >= 0.6 is 11.6 Å². The largest absolute Gasteiger partial charge is 0.389 e. The van der Waals surface area contributed by atoms with Crippen molar-refractivity contribution in [1.82, 2.24) is 5.32 Å². The lowest BCUT2D eigenvalue weighted by Gasteiger charge is -2.13. The molecule has 3 nitrogen and oxygen atoms in total. The first-order valence-electron chi connectivity index (χ1n) is 3.52. The molecule has 1 aliphatic heterocycles. The molecule has 2 unspecified atom stereocenters. The molecule has 0 saturated carbocycles. The van der Waals surface area contributed by atoms with Gasteiger partial charge in [-0.1, -0.05) is 18.2 Å². The highest BCUT2D eigenvalue weighted by Gasteiger charge is 2.25. The smallest absolute Gasteiger partial charge is 0.0948 e. The molecule has 2 atom stereocenters. The Kier molecular flexibility index (Phi) is 3.33. The Morgan fingerprint density at radius 2 is 2.45 bits per heavy atom. The molecule has 0 aromatic heterocycles. The van der Waals surface area contributed by atoms with Gasteiger partial charge in [0.05, 0.1) is 25.4 Å². The lowest BCUT2D eigenvalue weighted by Crippen LogP contribution is -2.39. The number of aliphatic hydroxyl groups excluding tert-OH is 1. The first-order chi connectivity index (χ1) is 5.20. The van der Waals surface area contributed by atoms with Crippen LogP contribution in [-0.4, -0.2) is 37.0 Å². The van der Waals surface area contributed by atoms with Crippen molar-refractivity contribution in [2.24, 2.45) is 0 Å². The molecule has 1 saturated heterocycles. The number of aliphatic hydroxyl groups is 1. The zero-order valence-electron chi connectivity index (χ0n) is 6.22. The summed E-state index contributed by atoms with van der Waals surface area (Å²) in [6.07, 6.45) is -0.411. The molecule has 1 fully saturated rings. The van der Waals surface area contributed by atoms with Crippen molar-refractivity contribution in [1.29, 1.82) is 0 Å². The van der Waals surface area contributed by atoms with E-state index < -0.39 is 6.10 Å². The lowest BCUT2D eigenvalue weighted by atomic mass is 10.2. The molecule has 0 aliphatic carbocycles. The number of hydrogen-bond donors (Lipinski definition) is 2. The third kappa shape index (κ3) is 2.79. The van der Waals surface area contributed by atoms with Crippen LogP contribution in [0.4, 0.5) is 0 Å². The van der Waals surface area contributed by atoms with Gasteiger partial charge in [0.2, 0.25) is 0 Å². The Balaban J connectivity index is 2.20. The summed E-state index contributed by atoms with van der Waals surface area (Å²) < 4.78 is 5.02. The summed E-state index contributed by atoms with van der Waals surface area (Å²) in [4.78, 5) is 0. The molecule has 11 heavy (non-hydrogen) atoms. The summed E-state index contributed by atoms with van der Waals surface area (Å²) in [6, 6.07) is 0.00509. The van der Waals surface area contributed by atoms with Gasteiger partial charge in [-0.3, -0.25) is 0 Å². The fraction of sp³-hybridized carbons (Fsp3) is 0.714. The van der Waals surface area contributed by atoms with Gasteiger partial charge >= 0.3 is 0 Å². The van der Waals surface area contributed by atoms with Crippen molar-refractivity contribution in [3.05, 3.63) is 11.6 Å². The Morgan fingerprint density at radius 1 is 1.73 bits per heavy atom. The number of nitrogens with one attached hydrogen (secondary N) is 1. The van der Waals surface area contributed by atoms with Gasteiger partial charge in [0.15, 0.2) is 0 Å². The lowest BCUT2D eigenvalue weighted by molar-refractivity contribution is 0.122. The third-order valence-corrected chi connectivity index (χ3v) is 1.74.